The monoisotopic (exact) mass is 529 g/mol. The van der Waals surface area contributed by atoms with Gasteiger partial charge >= 0.3 is 0 Å². The van der Waals surface area contributed by atoms with E-state index in [2.05, 4.69) is 25.2 Å². The summed E-state index contributed by atoms with van der Waals surface area (Å²) in [5, 5.41) is 10.4. The maximum Gasteiger partial charge on any atom is 0.291 e. The van der Waals surface area contributed by atoms with Gasteiger partial charge in [0.15, 0.2) is 15.7 Å². The number of nitrogens with one attached hydrogen (secondary N) is 2. The smallest absolute Gasteiger partial charge is 0.291 e. The van der Waals surface area contributed by atoms with Crippen LogP contribution in [0.4, 0.5) is 18.9 Å². The number of hydrogen-bond acceptors (Lipinski definition) is 8. The van der Waals surface area contributed by atoms with E-state index < -0.39 is 39.7 Å². The molecule has 1 aliphatic heterocycles. The molecule has 2 N–H and O–H groups in total. The van der Waals surface area contributed by atoms with E-state index in [1.54, 1.807) is 10.5 Å². The molecule has 9 nitrogen and oxygen atoms in total. The van der Waals surface area contributed by atoms with Crippen LogP contribution in [0.3, 0.4) is 0 Å². The lowest BCUT2D eigenvalue weighted by atomic mass is 10.0. The molecule has 0 bridgehead atoms. The summed E-state index contributed by atoms with van der Waals surface area (Å²) in [4.78, 5) is 6.43. The molecule has 4 heterocycles. The van der Waals surface area contributed by atoms with Crippen molar-refractivity contribution in [2.75, 3.05) is 18.1 Å². The predicted octanol–water partition coefficient (Wildman–Crippen LogP) is 3.15. The van der Waals surface area contributed by atoms with Crippen molar-refractivity contribution in [3.8, 4) is 10.7 Å². The zero-order valence-electron chi connectivity index (χ0n) is 19.4. The standard InChI is InChI=1S/C21H26F3N7O2S2/c1-11-12(2)30(9-13(7-22)26-11)15-6-14(35(32,33)29-21(3)4-5-21)10-31-16(8-25-18(15)31)19-27-28-20(34-19)17(23)24/h6,8,10-13,17,26,29H,4-5,7,9H2,1-3H3/t11-,12-,13-/m1/s1. The van der Waals surface area contributed by atoms with Crippen molar-refractivity contribution in [3.05, 3.63) is 23.5 Å². The third kappa shape index (κ3) is 4.52. The first-order valence-corrected chi connectivity index (χ1v) is 13.6. The Hall–Kier alpha value is -2.29. The summed E-state index contributed by atoms with van der Waals surface area (Å²) >= 11 is 0.722. The van der Waals surface area contributed by atoms with Gasteiger partial charge in [-0.15, -0.1) is 10.2 Å². The molecule has 14 heteroatoms. The number of halogens is 3. The Morgan fingerprint density at radius 1 is 1.31 bits per heavy atom. The zero-order chi connectivity index (χ0) is 25.1. The van der Waals surface area contributed by atoms with Crippen molar-refractivity contribution in [1.82, 2.24) is 29.6 Å². The Bertz CT molecular complexity index is 1360. The highest BCUT2D eigenvalue weighted by Gasteiger charge is 2.42. The van der Waals surface area contributed by atoms with Crippen LogP contribution in [0.2, 0.25) is 0 Å². The van der Waals surface area contributed by atoms with Gasteiger partial charge in [-0.25, -0.2) is 31.3 Å². The van der Waals surface area contributed by atoms with Crippen LogP contribution in [0.1, 0.15) is 45.0 Å². The van der Waals surface area contributed by atoms with E-state index in [1.165, 1.54) is 12.4 Å². The average molecular weight is 530 g/mol. The summed E-state index contributed by atoms with van der Waals surface area (Å²) < 4.78 is 70.9. The van der Waals surface area contributed by atoms with E-state index in [0.717, 1.165) is 24.2 Å². The summed E-state index contributed by atoms with van der Waals surface area (Å²) in [6, 6.07) is 0.950. The first-order chi connectivity index (χ1) is 16.5. The van der Waals surface area contributed by atoms with E-state index in [9.17, 15) is 21.6 Å². The van der Waals surface area contributed by atoms with Crippen molar-refractivity contribution in [2.24, 2.45) is 0 Å². The second kappa shape index (κ2) is 8.68. The van der Waals surface area contributed by atoms with E-state index in [1.807, 2.05) is 25.7 Å². The lowest BCUT2D eigenvalue weighted by molar-refractivity contribution is 0.150. The van der Waals surface area contributed by atoms with Crippen LogP contribution >= 0.6 is 11.3 Å². The average Bonchev–Trinajstić information content (AvgIpc) is 3.19. The highest BCUT2D eigenvalue weighted by atomic mass is 32.2. The third-order valence-electron chi connectivity index (χ3n) is 6.73. The maximum absolute atomic E-state index is 13.6. The molecule has 2 fully saturated rings. The molecule has 2 aliphatic rings. The molecule has 35 heavy (non-hydrogen) atoms. The van der Waals surface area contributed by atoms with Crippen LogP contribution in [0.5, 0.6) is 0 Å². The van der Waals surface area contributed by atoms with Crippen LogP contribution in [0, 0.1) is 0 Å². The third-order valence-corrected chi connectivity index (χ3v) is 9.28. The molecule has 1 aliphatic carbocycles. The van der Waals surface area contributed by atoms with Crippen molar-refractivity contribution in [1.29, 1.82) is 0 Å². The quantitative estimate of drug-likeness (QED) is 0.485. The van der Waals surface area contributed by atoms with Gasteiger partial charge in [0.1, 0.15) is 17.3 Å². The highest BCUT2D eigenvalue weighted by Crippen LogP contribution is 2.38. The zero-order valence-corrected chi connectivity index (χ0v) is 21.0. The molecule has 0 radical (unpaired) electrons. The first-order valence-electron chi connectivity index (χ1n) is 11.3. The molecule has 0 amide bonds. The highest BCUT2D eigenvalue weighted by molar-refractivity contribution is 7.89. The predicted molar refractivity (Wildman–Crippen MR) is 126 cm³/mol. The van der Waals surface area contributed by atoms with Gasteiger partial charge in [-0.1, -0.05) is 11.3 Å². The molecule has 3 aromatic rings. The molecule has 5 rings (SSSR count). The molecular weight excluding hydrogens is 503 g/mol. The van der Waals surface area contributed by atoms with Gasteiger partial charge in [-0.2, -0.15) is 0 Å². The Kier molecular flexibility index (Phi) is 6.05. The SMILES string of the molecule is C[C@@H]1[C@@H](C)N[C@H](CF)CN1c1cc(S(=O)(=O)NC2(C)CC2)cn2c(-c3nnc(C(F)F)s3)cnc12. The molecule has 0 spiro atoms. The van der Waals surface area contributed by atoms with Crippen LogP contribution in [-0.2, 0) is 10.0 Å². The molecule has 3 aromatic heterocycles. The van der Waals surface area contributed by atoms with Crippen LogP contribution in [0.15, 0.2) is 23.4 Å². The van der Waals surface area contributed by atoms with Gasteiger partial charge in [0, 0.05) is 30.4 Å². The Morgan fingerprint density at radius 3 is 2.69 bits per heavy atom. The van der Waals surface area contributed by atoms with Crippen molar-refractivity contribution in [3.63, 3.8) is 0 Å². The fourth-order valence-electron chi connectivity index (χ4n) is 4.31. The minimum Gasteiger partial charge on any atom is -0.363 e. The molecule has 0 aromatic carbocycles. The number of fused-ring (bicyclic) bond motifs is 1. The normalized spacial score (nSPS) is 24.4. The van der Waals surface area contributed by atoms with Gasteiger partial charge in [-0.3, -0.25) is 4.40 Å². The fraction of sp³-hybridized carbons (Fsp3) is 0.571. The largest absolute Gasteiger partial charge is 0.363 e. The van der Waals surface area contributed by atoms with Gasteiger partial charge in [0.05, 0.1) is 17.9 Å². The first kappa shape index (κ1) is 24.4. The number of rotatable bonds is 7. The Balaban J connectivity index is 1.68. The molecule has 1 saturated heterocycles. The van der Waals surface area contributed by atoms with Gasteiger partial charge < -0.3 is 10.2 Å². The number of sulfonamides is 1. The van der Waals surface area contributed by atoms with Crippen molar-refractivity contribution < 1.29 is 21.6 Å². The van der Waals surface area contributed by atoms with Crippen LogP contribution < -0.4 is 14.9 Å². The summed E-state index contributed by atoms with van der Waals surface area (Å²) in [5.74, 6) is 0. The number of pyridine rings is 1. The lowest BCUT2D eigenvalue weighted by Gasteiger charge is -2.43. The minimum atomic E-state index is -3.91. The number of alkyl halides is 3. The topological polar surface area (TPSA) is 105 Å². The van der Waals surface area contributed by atoms with Crippen molar-refractivity contribution >= 4 is 32.7 Å². The summed E-state index contributed by atoms with van der Waals surface area (Å²) in [5.41, 5.74) is 0.785. The summed E-state index contributed by atoms with van der Waals surface area (Å²) in [6.45, 7) is 5.48. The second-order valence-corrected chi connectivity index (χ2v) is 12.2. The van der Waals surface area contributed by atoms with E-state index in [0.29, 0.717) is 23.6 Å². The molecule has 190 valence electrons. The summed E-state index contributed by atoms with van der Waals surface area (Å²) in [7, 11) is -3.91. The minimum absolute atomic E-state index is 0.00107. The van der Waals surface area contributed by atoms with Gasteiger partial charge in [0.2, 0.25) is 10.0 Å². The van der Waals surface area contributed by atoms with Crippen LogP contribution in [0.25, 0.3) is 16.3 Å². The van der Waals surface area contributed by atoms with Gasteiger partial charge in [0.25, 0.3) is 6.43 Å². The fourth-order valence-corrected chi connectivity index (χ4v) is 6.50. The van der Waals surface area contributed by atoms with Gasteiger partial charge in [-0.05, 0) is 39.7 Å². The number of hydrogen-bond donors (Lipinski definition) is 2. The number of imidazole rings is 1. The number of nitrogens with zero attached hydrogens (tertiary/aromatic N) is 5. The maximum atomic E-state index is 13.6. The number of piperazine rings is 1. The molecule has 1 saturated carbocycles. The molecule has 3 atom stereocenters. The molecular formula is C21H26F3N7O2S2. The van der Waals surface area contributed by atoms with E-state index in [-0.39, 0.29) is 22.0 Å². The second-order valence-electron chi connectivity index (χ2n) is 9.51. The van der Waals surface area contributed by atoms with Crippen LogP contribution in [-0.4, -0.2) is 64.9 Å². The molecule has 0 unspecified atom stereocenters. The number of anilines is 1. The van der Waals surface area contributed by atoms with Crippen molar-refractivity contribution in [2.45, 2.75) is 68.6 Å². The number of aromatic nitrogens is 4. The van der Waals surface area contributed by atoms with E-state index >= 15 is 0 Å². The Morgan fingerprint density at radius 2 is 2.06 bits per heavy atom. The summed E-state index contributed by atoms with van der Waals surface area (Å²) in [6.07, 6.45) is 1.59. The van der Waals surface area contributed by atoms with E-state index in [4.69, 9.17) is 0 Å². The Labute approximate surface area is 204 Å². The lowest BCUT2D eigenvalue weighted by Crippen LogP contribution is -2.61.